The molecule has 0 aliphatic rings. The molecular formula is C11H12N8O. The van der Waals surface area contributed by atoms with Gasteiger partial charge in [0.2, 0.25) is 5.95 Å². The zero-order valence-electron chi connectivity index (χ0n) is 10.7. The van der Waals surface area contributed by atoms with E-state index in [1.807, 2.05) is 6.07 Å². The van der Waals surface area contributed by atoms with Crippen molar-refractivity contribution in [3.8, 4) is 0 Å². The van der Waals surface area contributed by atoms with Crippen molar-refractivity contribution in [3.63, 3.8) is 0 Å². The number of aromatic nitrogens is 6. The highest BCUT2D eigenvalue weighted by atomic mass is 16.2. The molecule has 3 N–H and O–H groups in total. The lowest BCUT2D eigenvalue weighted by molar-refractivity contribution is 0.102. The number of carbonyl (C=O) groups excluding carboxylic acids is 1. The summed E-state index contributed by atoms with van der Waals surface area (Å²) in [6.45, 7) is 0.414. The fraction of sp³-hybridized carbons (Fsp3) is 0.182. The normalized spacial score (nSPS) is 10.9. The van der Waals surface area contributed by atoms with Crippen molar-refractivity contribution in [1.82, 2.24) is 29.6 Å². The van der Waals surface area contributed by atoms with Crippen molar-refractivity contribution in [2.24, 2.45) is 12.8 Å². The van der Waals surface area contributed by atoms with Gasteiger partial charge in [0.05, 0.1) is 6.20 Å². The van der Waals surface area contributed by atoms with Gasteiger partial charge in [-0.05, 0) is 11.6 Å². The molecule has 0 bridgehead atoms. The highest BCUT2D eigenvalue weighted by Gasteiger charge is 2.13. The van der Waals surface area contributed by atoms with Gasteiger partial charge in [-0.15, -0.1) is 10.2 Å². The SMILES string of the molecule is Cn1cc(C(=O)Nc2nc3ccc(CN)cn3n2)nn1. The summed E-state index contributed by atoms with van der Waals surface area (Å²) in [6.07, 6.45) is 3.28. The van der Waals surface area contributed by atoms with Crippen LogP contribution in [0.15, 0.2) is 24.5 Å². The maximum atomic E-state index is 11.9. The molecule has 0 radical (unpaired) electrons. The topological polar surface area (TPSA) is 116 Å². The van der Waals surface area contributed by atoms with E-state index in [4.69, 9.17) is 5.73 Å². The Kier molecular flexibility index (Phi) is 2.88. The van der Waals surface area contributed by atoms with Crippen molar-refractivity contribution in [1.29, 1.82) is 0 Å². The molecule has 0 fully saturated rings. The van der Waals surface area contributed by atoms with Crippen LogP contribution >= 0.6 is 0 Å². The first-order valence-electron chi connectivity index (χ1n) is 5.89. The van der Waals surface area contributed by atoms with Crippen LogP contribution in [0.4, 0.5) is 5.95 Å². The van der Waals surface area contributed by atoms with Gasteiger partial charge in [-0.2, -0.15) is 4.98 Å². The monoisotopic (exact) mass is 272 g/mol. The molecular weight excluding hydrogens is 260 g/mol. The van der Waals surface area contributed by atoms with E-state index in [0.717, 1.165) is 5.56 Å². The van der Waals surface area contributed by atoms with Crippen molar-refractivity contribution < 1.29 is 4.79 Å². The highest BCUT2D eigenvalue weighted by Crippen LogP contribution is 2.08. The zero-order chi connectivity index (χ0) is 14.1. The Hall–Kier alpha value is -2.81. The number of aryl methyl sites for hydroxylation is 1. The van der Waals surface area contributed by atoms with Gasteiger partial charge in [-0.25, -0.2) is 4.52 Å². The van der Waals surface area contributed by atoms with Gasteiger partial charge >= 0.3 is 0 Å². The van der Waals surface area contributed by atoms with Gasteiger partial charge in [0.15, 0.2) is 11.3 Å². The molecule has 1 amide bonds. The molecule has 20 heavy (non-hydrogen) atoms. The smallest absolute Gasteiger partial charge is 0.280 e. The minimum atomic E-state index is -0.409. The van der Waals surface area contributed by atoms with Crippen LogP contribution < -0.4 is 11.1 Å². The molecule has 0 aromatic carbocycles. The van der Waals surface area contributed by atoms with Crippen LogP contribution in [-0.2, 0) is 13.6 Å². The number of hydrogen-bond acceptors (Lipinski definition) is 6. The third kappa shape index (κ3) is 2.21. The average Bonchev–Trinajstić information content (AvgIpc) is 3.03. The first-order chi connectivity index (χ1) is 9.65. The van der Waals surface area contributed by atoms with E-state index in [1.165, 1.54) is 10.9 Å². The number of rotatable bonds is 3. The van der Waals surface area contributed by atoms with Gasteiger partial charge in [0, 0.05) is 19.8 Å². The Balaban J connectivity index is 1.85. The lowest BCUT2D eigenvalue weighted by Gasteiger charge is -1.95. The number of carbonyl (C=O) groups is 1. The minimum Gasteiger partial charge on any atom is -0.326 e. The molecule has 0 atom stereocenters. The molecule has 0 aliphatic heterocycles. The van der Waals surface area contributed by atoms with E-state index in [1.54, 1.807) is 23.8 Å². The maximum Gasteiger partial charge on any atom is 0.280 e. The molecule has 3 heterocycles. The summed E-state index contributed by atoms with van der Waals surface area (Å²) >= 11 is 0. The van der Waals surface area contributed by atoms with Crippen molar-refractivity contribution in [2.45, 2.75) is 6.54 Å². The second kappa shape index (κ2) is 4.70. The molecule has 0 saturated heterocycles. The van der Waals surface area contributed by atoms with Crippen molar-refractivity contribution >= 4 is 17.5 Å². The van der Waals surface area contributed by atoms with Crippen molar-refractivity contribution in [2.75, 3.05) is 5.32 Å². The summed E-state index contributed by atoms with van der Waals surface area (Å²) in [5.41, 5.74) is 7.31. The van der Waals surface area contributed by atoms with Gasteiger partial charge in [0.1, 0.15) is 0 Å². The van der Waals surface area contributed by atoms with Crippen LogP contribution in [0.25, 0.3) is 5.65 Å². The molecule has 3 rings (SSSR count). The summed E-state index contributed by atoms with van der Waals surface area (Å²) in [5.74, 6) is -0.206. The number of nitrogens with one attached hydrogen (secondary N) is 1. The number of hydrogen-bond donors (Lipinski definition) is 2. The van der Waals surface area contributed by atoms with E-state index in [2.05, 4.69) is 25.7 Å². The standard InChI is InChI=1S/C11H12N8O/c1-18-6-8(15-17-18)10(20)14-11-13-9-3-2-7(4-12)5-19(9)16-11/h2-3,5-6H,4,12H2,1H3,(H,14,16,20). The fourth-order valence-corrected chi connectivity index (χ4v) is 1.72. The predicted molar refractivity (Wildman–Crippen MR) is 69.8 cm³/mol. The quantitative estimate of drug-likeness (QED) is 0.668. The van der Waals surface area contributed by atoms with Crippen LogP contribution in [-0.4, -0.2) is 35.5 Å². The molecule has 9 nitrogen and oxygen atoms in total. The molecule has 0 unspecified atom stereocenters. The Labute approximate surface area is 113 Å². The Morgan fingerprint density at radius 1 is 1.40 bits per heavy atom. The van der Waals surface area contributed by atoms with Gasteiger partial charge in [-0.1, -0.05) is 11.3 Å². The second-order valence-electron chi connectivity index (χ2n) is 4.21. The first kappa shape index (κ1) is 12.2. The summed E-state index contributed by atoms with van der Waals surface area (Å²) < 4.78 is 3.01. The van der Waals surface area contributed by atoms with Gasteiger partial charge in [-0.3, -0.25) is 14.8 Å². The van der Waals surface area contributed by atoms with Gasteiger partial charge in [0.25, 0.3) is 5.91 Å². The molecule has 3 aromatic heterocycles. The first-order valence-corrected chi connectivity index (χ1v) is 5.89. The number of pyridine rings is 1. The molecule has 3 aromatic rings. The predicted octanol–water partition coefficient (Wildman–Crippen LogP) is -0.431. The number of anilines is 1. The van der Waals surface area contributed by atoms with Crippen LogP contribution in [0.1, 0.15) is 16.1 Å². The maximum absolute atomic E-state index is 11.9. The van der Waals surface area contributed by atoms with Gasteiger partial charge < -0.3 is 5.73 Å². The molecule has 102 valence electrons. The van der Waals surface area contributed by atoms with E-state index in [-0.39, 0.29) is 11.6 Å². The number of nitrogens with zero attached hydrogens (tertiary/aromatic N) is 6. The van der Waals surface area contributed by atoms with E-state index in [0.29, 0.717) is 12.2 Å². The van der Waals surface area contributed by atoms with Crippen LogP contribution in [0.3, 0.4) is 0 Å². The van der Waals surface area contributed by atoms with Crippen molar-refractivity contribution in [3.05, 3.63) is 35.8 Å². The lowest BCUT2D eigenvalue weighted by atomic mass is 10.3. The Morgan fingerprint density at radius 2 is 2.25 bits per heavy atom. The Morgan fingerprint density at radius 3 is 2.95 bits per heavy atom. The largest absolute Gasteiger partial charge is 0.326 e. The van der Waals surface area contributed by atoms with E-state index in [9.17, 15) is 4.79 Å². The molecule has 0 aliphatic carbocycles. The third-order valence-corrected chi connectivity index (χ3v) is 2.69. The number of amides is 1. The van der Waals surface area contributed by atoms with E-state index < -0.39 is 5.91 Å². The van der Waals surface area contributed by atoms with E-state index >= 15 is 0 Å². The fourth-order valence-electron chi connectivity index (χ4n) is 1.72. The lowest BCUT2D eigenvalue weighted by Crippen LogP contribution is -2.13. The van der Waals surface area contributed by atoms with Crippen LogP contribution in [0.2, 0.25) is 0 Å². The third-order valence-electron chi connectivity index (χ3n) is 2.69. The highest BCUT2D eigenvalue weighted by molar-refractivity contribution is 6.01. The summed E-state index contributed by atoms with van der Waals surface area (Å²) in [7, 11) is 1.68. The Bertz CT molecular complexity index is 774. The minimum absolute atomic E-state index is 0.203. The average molecular weight is 272 g/mol. The molecule has 0 spiro atoms. The number of fused-ring (bicyclic) bond motifs is 1. The molecule has 0 saturated carbocycles. The number of nitrogens with two attached hydrogens (primary N) is 1. The van der Waals surface area contributed by atoms with Crippen LogP contribution in [0.5, 0.6) is 0 Å². The molecule has 9 heteroatoms. The summed E-state index contributed by atoms with van der Waals surface area (Å²) in [4.78, 5) is 16.1. The second-order valence-corrected chi connectivity index (χ2v) is 4.21. The summed E-state index contributed by atoms with van der Waals surface area (Å²) in [6, 6.07) is 3.64. The summed E-state index contributed by atoms with van der Waals surface area (Å²) in [5, 5.41) is 14.1. The van der Waals surface area contributed by atoms with Crippen LogP contribution in [0, 0.1) is 0 Å². The zero-order valence-corrected chi connectivity index (χ0v) is 10.7.